The highest BCUT2D eigenvalue weighted by atomic mass is 15.3. The summed E-state index contributed by atoms with van der Waals surface area (Å²) in [6.07, 6.45) is 0. The SMILES string of the molecule is c1ccc(NNCc2cccc(-c3cccc4ccccc34)c2)cc1. The molecule has 0 atom stereocenters. The van der Waals surface area contributed by atoms with Crippen LogP contribution < -0.4 is 10.9 Å². The normalized spacial score (nSPS) is 10.7. The first-order valence-electron chi connectivity index (χ1n) is 8.51. The summed E-state index contributed by atoms with van der Waals surface area (Å²) in [5.74, 6) is 0. The van der Waals surface area contributed by atoms with Gasteiger partial charge in [-0.25, -0.2) is 5.43 Å². The standard InChI is InChI=1S/C23H20N2/c1-2-12-21(13-3-1)25-24-17-18-8-6-11-20(16-18)23-15-7-10-19-9-4-5-14-22(19)23/h1-16,24-25H,17H2. The second kappa shape index (κ2) is 7.20. The number of rotatable bonds is 5. The molecule has 0 aliphatic carbocycles. The lowest BCUT2D eigenvalue weighted by molar-refractivity contribution is 0.802. The van der Waals surface area contributed by atoms with Crippen molar-refractivity contribution in [2.45, 2.75) is 6.54 Å². The van der Waals surface area contributed by atoms with Crippen LogP contribution in [-0.2, 0) is 6.54 Å². The van der Waals surface area contributed by atoms with Gasteiger partial charge in [-0.1, -0.05) is 78.9 Å². The average Bonchev–Trinajstić information content (AvgIpc) is 2.69. The van der Waals surface area contributed by atoms with E-state index in [0.717, 1.165) is 12.2 Å². The van der Waals surface area contributed by atoms with E-state index in [9.17, 15) is 0 Å². The molecule has 2 N–H and O–H groups in total. The van der Waals surface area contributed by atoms with Crippen LogP contribution in [0.1, 0.15) is 5.56 Å². The summed E-state index contributed by atoms with van der Waals surface area (Å²) >= 11 is 0. The summed E-state index contributed by atoms with van der Waals surface area (Å²) in [5.41, 5.74) is 11.3. The van der Waals surface area contributed by atoms with Gasteiger partial charge in [-0.05, 0) is 45.7 Å². The first kappa shape index (κ1) is 15.4. The molecule has 0 fully saturated rings. The van der Waals surface area contributed by atoms with Crippen molar-refractivity contribution in [3.63, 3.8) is 0 Å². The molecule has 0 aromatic heterocycles. The van der Waals surface area contributed by atoms with E-state index in [1.807, 2.05) is 30.3 Å². The number of hydrogen-bond donors (Lipinski definition) is 2. The first-order chi connectivity index (χ1) is 12.4. The number of para-hydroxylation sites is 1. The highest BCUT2D eigenvalue weighted by molar-refractivity contribution is 5.96. The van der Waals surface area contributed by atoms with Gasteiger partial charge in [0.05, 0.1) is 0 Å². The van der Waals surface area contributed by atoms with Gasteiger partial charge in [0.15, 0.2) is 0 Å². The van der Waals surface area contributed by atoms with Crippen LogP contribution in [0.2, 0.25) is 0 Å². The van der Waals surface area contributed by atoms with Crippen LogP contribution in [0.15, 0.2) is 97.1 Å². The van der Waals surface area contributed by atoms with E-state index < -0.39 is 0 Å². The zero-order valence-electron chi connectivity index (χ0n) is 13.9. The van der Waals surface area contributed by atoms with Gasteiger partial charge >= 0.3 is 0 Å². The van der Waals surface area contributed by atoms with Crippen molar-refractivity contribution in [1.82, 2.24) is 5.43 Å². The van der Waals surface area contributed by atoms with Crippen LogP contribution in [-0.4, -0.2) is 0 Å². The Morgan fingerprint density at radius 1 is 0.640 bits per heavy atom. The van der Waals surface area contributed by atoms with Crippen molar-refractivity contribution >= 4 is 16.5 Å². The van der Waals surface area contributed by atoms with Crippen LogP contribution in [0.5, 0.6) is 0 Å². The number of anilines is 1. The maximum atomic E-state index is 3.28. The third-order valence-electron chi connectivity index (χ3n) is 4.33. The number of hydrogen-bond acceptors (Lipinski definition) is 2. The summed E-state index contributed by atoms with van der Waals surface area (Å²) in [6.45, 7) is 0.757. The molecule has 0 radical (unpaired) electrons. The fraction of sp³-hybridized carbons (Fsp3) is 0.0435. The fourth-order valence-corrected chi connectivity index (χ4v) is 3.10. The summed E-state index contributed by atoms with van der Waals surface area (Å²) in [6, 6.07) is 33.8. The Balaban J connectivity index is 1.55. The van der Waals surface area contributed by atoms with E-state index in [4.69, 9.17) is 0 Å². The van der Waals surface area contributed by atoms with Crippen molar-refractivity contribution in [1.29, 1.82) is 0 Å². The van der Waals surface area contributed by atoms with E-state index in [0.29, 0.717) is 0 Å². The highest BCUT2D eigenvalue weighted by Gasteiger charge is 2.04. The molecular weight excluding hydrogens is 304 g/mol. The molecule has 0 spiro atoms. The third-order valence-corrected chi connectivity index (χ3v) is 4.33. The van der Waals surface area contributed by atoms with E-state index >= 15 is 0 Å². The Hall–Kier alpha value is -3.10. The Bertz CT molecular complexity index is 972. The lowest BCUT2D eigenvalue weighted by Gasteiger charge is -2.11. The van der Waals surface area contributed by atoms with Gasteiger partial charge in [-0.15, -0.1) is 0 Å². The summed E-state index contributed by atoms with van der Waals surface area (Å²) < 4.78 is 0. The predicted octanol–water partition coefficient (Wildman–Crippen LogP) is 5.62. The number of hydrazine groups is 1. The molecule has 2 heteroatoms. The molecule has 4 aromatic rings. The minimum Gasteiger partial charge on any atom is -0.321 e. The summed E-state index contributed by atoms with van der Waals surface area (Å²) in [7, 11) is 0. The van der Waals surface area contributed by atoms with Crippen molar-refractivity contribution in [2.75, 3.05) is 5.43 Å². The maximum absolute atomic E-state index is 3.28. The van der Waals surface area contributed by atoms with Crippen LogP contribution >= 0.6 is 0 Å². The molecule has 25 heavy (non-hydrogen) atoms. The van der Waals surface area contributed by atoms with E-state index in [2.05, 4.69) is 77.6 Å². The van der Waals surface area contributed by atoms with Gasteiger partial charge < -0.3 is 5.43 Å². The average molecular weight is 324 g/mol. The molecular formula is C23H20N2. The molecule has 0 aliphatic rings. The fourth-order valence-electron chi connectivity index (χ4n) is 3.10. The van der Waals surface area contributed by atoms with Gasteiger partial charge in [0.25, 0.3) is 0 Å². The minimum atomic E-state index is 0.757. The molecule has 0 bridgehead atoms. The van der Waals surface area contributed by atoms with Crippen molar-refractivity contribution in [3.05, 3.63) is 103 Å². The van der Waals surface area contributed by atoms with Crippen LogP contribution in [0.4, 0.5) is 5.69 Å². The third kappa shape index (κ3) is 3.54. The zero-order valence-corrected chi connectivity index (χ0v) is 13.9. The van der Waals surface area contributed by atoms with Gasteiger partial charge in [-0.2, -0.15) is 0 Å². The molecule has 4 rings (SSSR count). The number of nitrogens with one attached hydrogen (secondary N) is 2. The lowest BCUT2D eigenvalue weighted by Crippen LogP contribution is -2.20. The van der Waals surface area contributed by atoms with Crippen LogP contribution in [0.25, 0.3) is 21.9 Å². The monoisotopic (exact) mass is 324 g/mol. The molecule has 0 heterocycles. The lowest BCUT2D eigenvalue weighted by atomic mass is 9.97. The maximum Gasteiger partial charge on any atom is 0.0487 e. The first-order valence-corrected chi connectivity index (χ1v) is 8.51. The Morgan fingerprint density at radius 2 is 1.40 bits per heavy atom. The van der Waals surface area contributed by atoms with Crippen molar-refractivity contribution in [3.8, 4) is 11.1 Å². The second-order valence-corrected chi connectivity index (χ2v) is 6.07. The Labute approximate surface area is 148 Å². The number of benzene rings is 4. The molecule has 0 aliphatic heterocycles. The predicted molar refractivity (Wildman–Crippen MR) is 106 cm³/mol. The largest absolute Gasteiger partial charge is 0.321 e. The van der Waals surface area contributed by atoms with Crippen molar-refractivity contribution < 1.29 is 0 Å². The topological polar surface area (TPSA) is 24.1 Å². The van der Waals surface area contributed by atoms with Crippen molar-refractivity contribution in [2.24, 2.45) is 0 Å². The van der Waals surface area contributed by atoms with E-state index in [-0.39, 0.29) is 0 Å². The molecule has 0 saturated heterocycles. The highest BCUT2D eigenvalue weighted by Crippen LogP contribution is 2.29. The smallest absolute Gasteiger partial charge is 0.0487 e. The van der Waals surface area contributed by atoms with Crippen LogP contribution in [0.3, 0.4) is 0 Å². The van der Waals surface area contributed by atoms with Crippen LogP contribution in [0, 0.1) is 0 Å². The van der Waals surface area contributed by atoms with E-state index in [1.165, 1.54) is 27.5 Å². The molecule has 122 valence electrons. The molecule has 0 saturated carbocycles. The number of fused-ring (bicyclic) bond motifs is 1. The second-order valence-electron chi connectivity index (χ2n) is 6.07. The molecule has 2 nitrogen and oxygen atoms in total. The van der Waals surface area contributed by atoms with Gasteiger partial charge in [0.1, 0.15) is 0 Å². The Morgan fingerprint density at radius 3 is 2.32 bits per heavy atom. The molecule has 4 aromatic carbocycles. The minimum absolute atomic E-state index is 0.757. The van der Waals surface area contributed by atoms with Gasteiger partial charge in [-0.3, -0.25) is 0 Å². The van der Waals surface area contributed by atoms with E-state index in [1.54, 1.807) is 0 Å². The zero-order chi connectivity index (χ0) is 16.9. The summed E-state index contributed by atoms with van der Waals surface area (Å²) in [5, 5.41) is 2.56. The molecule has 0 unspecified atom stereocenters. The molecule has 0 amide bonds. The van der Waals surface area contributed by atoms with Gasteiger partial charge in [0.2, 0.25) is 0 Å². The quantitative estimate of drug-likeness (QED) is 0.465. The van der Waals surface area contributed by atoms with Gasteiger partial charge in [0, 0.05) is 12.2 Å². The summed E-state index contributed by atoms with van der Waals surface area (Å²) in [4.78, 5) is 0. The Kier molecular flexibility index (Phi) is 4.44.